The van der Waals surface area contributed by atoms with Crippen LogP contribution in [0.3, 0.4) is 0 Å². The largest absolute Gasteiger partial charge is 0.377 e. The molecule has 0 unspecified atom stereocenters. The molecule has 1 fully saturated rings. The first-order valence-corrected chi connectivity index (χ1v) is 9.68. The molecule has 2 aromatic carbocycles. The van der Waals surface area contributed by atoms with Gasteiger partial charge >= 0.3 is 0 Å². The molecule has 1 aliphatic rings. The Balaban J connectivity index is 1.65. The molecule has 8 heteroatoms. The van der Waals surface area contributed by atoms with Crippen LogP contribution >= 0.6 is 11.8 Å². The maximum Gasteiger partial charge on any atom is 0.293 e. The van der Waals surface area contributed by atoms with Crippen molar-refractivity contribution < 1.29 is 4.92 Å². The van der Waals surface area contributed by atoms with Crippen molar-refractivity contribution in [3.63, 3.8) is 0 Å². The van der Waals surface area contributed by atoms with Crippen molar-refractivity contribution in [2.45, 2.75) is 18.6 Å². The number of nitrogens with zero attached hydrogens (tertiary/aromatic N) is 4. The normalized spacial score (nSPS) is 14.8. The summed E-state index contributed by atoms with van der Waals surface area (Å²) in [6.45, 7) is 1.71. The van der Waals surface area contributed by atoms with E-state index in [2.05, 4.69) is 15.1 Å². The molecule has 140 valence electrons. The first-order valence-electron chi connectivity index (χ1n) is 8.70. The van der Waals surface area contributed by atoms with Crippen LogP contribution in [0.15, 0.2) is 58.7 Å². The molecule has 0 aromatic heterocycles. The number of amidine groups is 1. The summed E-state index contributed by atoms with van der Waals surface area (Å²) in [7, 11) is 0. The first kappa shape index (κ1) is 18.9. The van der Waals surface area contributed by atoms with Gasteiger partial charge in [0.15, 0.2) is 5.17 Å². The van der Waals surface area contributed by atoms with Crippen LogP contribution in [0.4, 0.5) is 11.4 Å². The fourth-order valence-electron chi connectivity index (χ4n) is 2.91. The van der Waals surface area contributed by atoms with E-state index in [-0.39, 0.29) is 10.6 Å². The van der Waals surface area contributed by atoms with Gasteiger partial charge in [-0.1, -0.05) is 48.2 Å². The number of hydrogen-bond acceptors (Lipinski definition) is 6. The number of anilines is 1. The minimum absolute atomic E-state index is 0.0938. The molecule has 3 rings (SSSR count). The second-order valence-corrected chi connectivity index (χ2v) is 7.15. The number of rotatable bonds is 6. The van der Waals surface area contributed by atoms with Crippen LogP contribution < -0.4 is 10.6 Å². The molecule has 0 amide bonds. The lowest BCUT2D eigenvalue weighted by Crippen LogP contribution is -2.18. The Morgan fingerprint density at radius 3 is 2.67 bits per heavy atom. The average Bonchev–Trinajstić information content (AvgIpc) is 3.21. The van der Waals surface area contributed by atoms with E-state index in [0.29, 0.717) is 22.2 Å². The molecule has 0 bridgehead atoms. The molecule has 0 aliphatic carbocycles. The molecule has 1 saturated heterocycles. The zero-order chi connectivity index (χ0) is 19.1. The van der Waals surface area contributed by atoms with Gasteiger partial charge in [-0.15, -0.1) is 5.10 Å². The van der Waals surface area contributed by atoms with E-state index >= 15 is 0 Å². The average molecular weight is 383 g/mol. The molecule has 0 spiro atoms. The highest BCUT2D eigenvalue weighted by molar-refractivity contribution is 8.13. The molecule has 2 N–H and O–H groups in total. The summed E-state index contributed by atoms with van der Waals surface area (Å²) in [6.07, 6.45) is 3.61. The zero-order valence-corrected chi connectivity index (χ0v) is 15.6. The van der Waals surface area contributed by atoms with E-state index in [1.807, 2.05) is 36.4 Å². The zero-order valence-electron chi connectivity index (χ0n) is 14.8. The van der Waals surface area contributed by atoms with Gasteiger partial charge in [0, 0.05) is 30.5 Å². The predicted octanol–water partition coefficient (Wildman–Crippen LogP) is 3.78. The summed E-state index contributed by atoms with van der Waals surface area (Å²) in [4.78, 5) is 13.1. The van der Waals surface area contributed by atoms with E-state index in [1.54, 1.807) is 6.07 Å². The van der Waals surface area contributed by atoms with Crippen LogP contribution in [0.1, 0.15) is 24.0 Å². The summed E-state index contributed by atoms with van der Waals surface area (Å²) in [5.74, 6) is 0.710. The summed E-state index contributed by atoms with van der Waals surface area (Å²) < 4.78 is 0. The SMILES string of the molecule is NC(=NN=Cc1ccc(N2CCCC2)c([N+](=O)[O-])c1)SCc1ccccc1. The van der Waals surface area contributed by atoms with Gasteiger partial charge in [-0.2, -0.15) is 5.10 Å². The first-order chi connectivity index (χ1) is 13.1. The third kappa shape index (κ3) is 5.30. The van der Waals surface area contributed by atoms with Gasteiger partial charge in [0.05, 0.1) is 11.1 Å². The monoisotopic (exact) mass is 383 g/mol. The Morgan fingerprint density at radius 2 is 1.96 bits per heavy atom. The Hall–Kier alpha value is -2.87. The van der Waals surface area contributed by atoms with Gasteiger partial charge in [0.1, 0.15) is 5.69 Å². The standard InChI is InChI=1S/C19H21N5O2S/c20-19(27-14-15-6-2-1-3-7-15)22-21-13-16-8-9-17(18(12-16)24(25)26)23-10-4-5-11-23/h1-3,6-9,12-13H,4-5,10-11,14H2,(H2,20,22). The van der Waals surface area contributed by atoms with Gasteiger partial charge in [-0.3, -0.25) is 10.1 Å². The van der Waals surface area contributed by atoms with Gasteiger partial charge in [-0.25, -0.2) is 0 Å². The Labute approximate surface area is 162 Å². The minimum atomic E-state index is -0.349. The maximum absolute atomic E-state index is 11.4. The van der Waals surface area contributed by atoms with Crippen molar-refractivity contribution >= 4 is 34.5 Å². The molecule has 0 radical (unpaired) electrons. The molecule has 1 aliphatic heterocycles. The predicted molar refractivity (Wildman–Crippen MR) is 111 cm³/mol. The quantitative estimate of drug-likeness (QED) is 0.354. The van der Waals surface area contributed by atoms with E-state index in [1.165, 1.54) is 24.0 Å². The van der Waals surface area contributed by atoms with Crippen molar-refractivity contribution in [1.82, 2.24) is 0 Å². The van der Waals surface area contributed by atoms with Crippen molar-refractivity contribution in [3.8, 4) is 0 Å². The van der Waals surface area contributed by atoms with E-state index in [4.69, 9.17) is 5.73 Å². The fourth-order valence-corrected chi connectivity index (χ4v) is 3.52. The van der Waals surface area contributed by atoms with Gasteiger partial charge in [0.2, 0.25) is 0 Å². The van der Waals surface area contributed by atoms with E-state index < -0.39 is 0 Å². The van der Waals surface area contributed by atoms with Crippen LogP contribution in [0, 0.1) is 10.1 Å². The van der Waals surface area contributed by atoms with Gasteiger partial charge in [-0.05, 0) is 24.5 Å². The highest BCUT2D eigenvalue weighted by atomic mass is 32.2. The Bertz CT molecular complexity index is 848. The summed E-state index contributed by atoms with van der Waals surface area (Å²) >= 11 is 1.39. The van der Waals surface area contributed by atoms with Crippen molar-refractivity contribution in [2.24, 2.45) is 15.9 Å². The minimum Gasteiger partial charge on any atom is -0.377 e. The summed E-state index contributed by atoms with van der Waals surface area (Å²) in [5, 5.41) is 19.7. The number of hydrogen-bond donors (Lipinski definition) is 1. The smallest absolute Gasteiger partial charge is 0.293 e. The highest BCUT2D eigenvalue weighted by Crippen LogP contribution is 2.31. The summed E-state index contributed by atoms with van der Waals surface area (Å²) in [6, 6.07) is 15.1. The molecule has 1 heterocycles. The van der Waals surface area contributed by atoms with Crippen molar-refractivity contribution in [1.29, 1.82) is 0 Å². The Morgan fingerprint density at radius 1 is 1.22 bits per heavy atom. The number of benzene rings is 2. The third-order valence-electron chi connectivity index (χ3n) is 4.24. The molecule has 7 nitrogen and oxygen atoms in total. The number of nitro groups is 1. The molecule has 27 heavy (non-hydrogen) atoms. The van der Waals surface area contributed by atoms with Crippen LogP contribution in [0.5, 0.6) is 0 Å². The molecule has 0 saturated carbocycles. The van der Waals surface area contributed by atoms with Gasteiger partial charge < -0.3 is 10.6 Å². The lowest BCUT2D eigenvalue weighted by Gasteiger charge is -2.17. The molecule has 2 aromatic rings. The number of nitrogens with two attached hydrogens (primary N) is 1. The fraction of sp³-hybridized carbons (Fsp3) is 0.263. The third-order valence-corrected chi connectivity index (χ3v) is 5.09. The van der Waals surface area contributed by atoms with Crippen molar-refractivity contribution in [2.75, 3.05) is 18.0 Å². The van der Waals surface area contributed by atoms with E-state index in [9.17, 15) is 10.1 Å². The van der Waals surface area contributed by atoms with Crippen LogP contribution in [0.25, 0.3) is 0 Å². The molecular weight excluding hydrogens is 362 g/mol. The molecule has 0 atom stereocenters. The number of nitro benzene ring substituents is 1. The Kier molecular flexibility index (Phi) is 6.43. The number of thioether (sulfide) groups is 1. The highest BCUT2D eigenvalue weighted by Gasteiger charge is 2.22. The topological polar surface area (TPSA) is 97.1 Å². The second kappa shape index (κ2) is 9.18. The van der Waals surface area contributed by atoms with E-state index in [0.717, 1.165) is 31.5 Å². The molecular formula is C19H21N5O2S. The van der Waals surface area contributed by atoms with Crippen LogP contribution in [-0.2, 0) is 5.75 Å². The van der Waals surface area contributed by atoms with Gasteiger partial charge in [0.25, 0.3) is 5.69 Å². The maximum atomic E-state index is 11.4. The summed E-state index contributed by atoms with van der Waals surface area (Å²) in [5.41, 5.74) is 8.38. The van der Waals surface area contributed by atoms with Crippen LogP contribution in [-0.4, -0.2) is 29.4 Å². The second-order valence-electron chi connectivity index (χ2n) is 6.16. The lowest BCUT2D eigenvalue weighted by molar-refractivity contribution is -0.384. The lowest BCUT2D eigenvalue weighted by atomic mass is 10.1. The van der Waals surface area contributed by atoms with Crippen molar-refractivity contribution in [3.05, 3.63) is 69.8 Å². The van der Waals surface area contributed by atoms with Crippen LogP contribution in [0.2, 0.25) is 0 Å².